The van der Waals surface area contributed by atoms with Crippen molar-refractivity contribution >= 4 is 15.8 Å². The topological polar surface area (TPSA) is 91.7 Å². The van der Waals surface area contributed by atoms with E-state index >= 15 is 0 Å². The van der Waals surface area contributed by atoms with E-state index in [4.69, 9.17) is 0 Å². The molecule has 0 radical (unpaired) electrons. The van der Waals surface area contributed by atoms with Gasteiger partial charge < -0.3 is 10.2 Å². The molecule has 1 aliphatic heterocycles. The van der Waals surface area contributed by atoms with Crippen molar-refractivity contribution < 1.29 is 27.8 Å². The Hall–Kier alpha value is -1.47. The third kappa shape index (κ3) is 3.34. The van der Waals surface area contributed by atoms with E-state index in [0.717, 1.165) is 0 Å². The minimum atomic E-state index is -3.40. The minimum Gasteiger partial charge on any atom is -0.481 e. The molecule has 110 valence electrons. The maximum atomic E-state index is 12.8. The van der Waals surface area contributed by atoms with Crippen molar-refractivity contribution in [2.75, 3.05) is 11.5 Å². The van der Waals surface area contributed by atoms with Crippen LogP contribution in [0.15, 0.2) is 24.3 Å². The fraction of sp³-hybridized carbons (Fsp3) is 0.462. The number of carboxylic acid groups (broad SMARTS) is 1. The molecule has 0 saturated carbocycles. The third-order valence-electron chi connectivity index (χ3n) is 3.57. The molecule has 20 heavy (non-hydrogen) atoms. The van der Waals surface area contributed by atoms with Gasteiger partial charge in [0.05, 0.1) is 23.5 Å². The Kier molecular flexibility index (Phi) is 4.10. The number of hydrogen-bond acceptors (Lipinski definition) is 4. The van der Waals surface area contributed by atoms with Crippen LogP contribution in [0.3, 0.4) is 0 Å². The van der Waals surface area contributed by atoms with Crippen molar-refractivity contribution in [1.29, 1.82) is 0 Å². The van der Waals surface area contributed by atoms with Gasteiger partial charge in [-0.3, -0.25) is 4.79 Å². The smallest absolute Gasteiger partial charge is 0.307 e. The van der Waals surface area contributed by atoms with Crippen LogP contribution in [0, 0.1) is 17.7 Å². The molecule has 0 bridgehead atoms. The first-order valence-electron chi connectivity index (χ1n) is 6.14. The number of benzene rings is 1. The summed E-state index contributed by atoms with van der Waals surface area (Å²) in [5, 5.41) is 19.0. The first-order valence-corrected chi connectivity index (χ1v) is 7.96. The van der Waals surface area contributed by atoms with Gasteiger partial charge in [-0.15, -0.1) is 0 Å². The molecule has 3 atom stereocenters. The monoisotopic (exact) mass is 302 g/mol. The number of sulfone groups is 1. The molecule has 2 N–H and O–H groups in total. The maximum Gasteiger partial charge on any atom is 0.307 e. The van der Waals surface area contributed by atoms with Gasteiger partial charge in [-0.1, -0.05) is 12.1 Å². The summed E-state index contributed by atoms with van der Waals surface area (Å²) in [4.78, 5) is 11.3. The van der Waals surface area contributed by atoms with E-state index in [0.29, 0.717) is 5.56 Å². The average molecular weight is 302 g/mol. The quantitative estimate of drug-likeness (QED) is 0.844. The molecule has 0 spiro atoms. The van der Waals surface area contributed by atoms with E-state index < -0.39 is 45.3 Å². The lowest BCUT2D eigenvalue weighted by Crippen LogP contribution is -2.33. The summed E-state index contributed by atoms with van der Waals surface area (Å²) in [5.41, 5.74) is 0.593. The van der Waals surface area contributed by atoms with Crippen LogP contribution in [-0.2, 0) is 21.1 Å². The molecule has 1 heterocycles. The van der Waals surface area contributed by atoms with E-state index in [2.05, 4.69) is 0 Å². The summed E-state index contributed by atoms with van der Waals surface area (Å²) < 4.78 is 35.8. The maximum absolute atomic E-state index is 12.8. The van der Waals surface area contributed by atoms with Crippen LogP contribution in [-0.4, -0.2) is 42.2 Å². The van der Waals surface area contributed by atoms with E-state index in [9.17, 15) is 27.8 Å². The third-order valence-corrected chi connectivity index (χ3v) is 5.31. The highest BCUT2D eigenvalue weighted by Crippen LogP contribution is 2.29. The molecule has 2 rings (SSSR count). The van der Waals surface area contributed by atoms with E-state index in [1.54, 1.807) is 0 Å². The molecule has 1 saturated heterocycles. The van der Waals surface area contributed by atoms with E-state index in [1.807, 2.05) is 0 Å². The van der Waals surface area contributed by atoms with Crippen LogP contribution in [0.2, 0.25) is 0 Å². The van der Waals surface area contributed by atoms with Crippen molar-refractivity contribution in [3.8, 4) is 0 Å². The van der Waals surface area contributed by atoms with Gasteiger partial charge in [0.25, 0.3) is 0 Å². The van der Waals surface area contributed by atoms with Crippen LogP contribution >= 0.6 is 0 Å². The Morgan fingerprint density at radius 2 is 1.90 bits per heavy atom. The molecule has 0 amide bonds. The second-order valence-electron chi connectivity index (χ2n) is 5.08. The minimum absolute atomic E-state index is 0.0624. The summed E-state index contributed by atoms with van der Waals surface area (Å²) in [6.07, 6.45) is -1.10. The van der Waals surface area contributed by atoms with Crippen LogP contribution in [0.1, 0.15) is 5.56 Å². The van der Waals surface area contributed by atoms with Gasteiger partial charge in [0.2, 0.25) is 0 Å². The Morgan fingerprint density at radius 3 is 2.35 bits per heavy atom. The lowest BCUT2D eigenvalue weighted by Gasteiger charge is -2.21. The number of carbonyl (C=O) groups is 1. The Morgan fingerprint density at radius 1 is 1.30 bits per heavy atom. The van der Waals surface area contributed by atoms with Gasteiger partial charge in [0.15, 0.2) is 9.84 Å². The fourth-order valence-corrected chi connectivity index (χ4v) is 4.48. The molecule has 1 aromatic rings. The number of carboxylic acids is 1. The summed E-state index contributed by atoms with van der Waals surface area (Å²) >= 11 is 0. The molecular formula is C13H15FO5S. The van der Waals surface area contributed by atoms with E-state index in [-0.39, 0.29) is 12.2 Å². The second-order valence-corrected chi connectivity index (χ2v) is 7.24. The molecule has 0 aromatic heterocycles. The highest BCUT2D eigenvalue weighted by atomic mass is 32.2. The molecule has 1 aromatic carbocycles. The first-order chi connectivity index (χ1) is 9.28. The summed E-state index contributed by atoms with van der Waals surface area (Å²) in [6.45, 7) is 0. The fourth-order valence-electron chi connectivity index (χ4n) is 2.54. The number of aliphatic carboxylic acids is 1. The van der Waals surface area contributed by atoms with Gasteiger partial charge >= 0.3 is 5.97 Å². The van der Waals surface area contributed by atoms with E-state index in [1.165, 1.54) is 24.3 Å². The van der Waals surface area contributed by atoms with Crippen molar-refractivity contribution in [2.45, 2.75) is 12.5 Å². The van der Waals surface area contributed by atoms with Crippen LogP contribution in [0.4, 0.5) is 4.39 Å². The van der Waals surface area contributed by atoms with Crippen LogP contribution in [0.25, 0.3) is 0 Å². The standard InChI is InChI=1S/C13H15FO5S/c14-9-3-1-8(2-4-9)5-10(13(16)17)11-6-20(18,19)7-12(11)15/h1-4,10-12,15H,5-7H2,(H,16,17). The molecule has 1 aliphatic rings. The number of aliphatic hydroxyl groups is 1. The Bertz CT molecular complexity index is 596. The first kappa shape index (κ1) is 14.9. The number of aliphatic hydroxyl groups excluding tert-OH is 1. The highest BCUT2D eigenvalue weighted by molar-refractivity contribution is 7.91. The molecule has 5 nitrogen and oxygen atoms in total. The van der Waals surface area contributed by atoms with Crippen molar-refractivity contribution in [3.63, 3.8) is 0 Å². The van der Waals surface area contributed by atoms with Gasteiger partial charge in [0.1, 0.15) is 5.82 Å². The van der Waals surface area contributed by atoms with Crippen LogP contribution < -0.4 is 0 Å². The summed E-state index contributed by atoms with van der Waals surface area (Å²) in [7, 11) is -3.40. The zero-order chi connectivity index (χ0) is 14.9. The van der Waals surface area contributed by atoms with Gasteiger partial charge in [-0.2, -0.15) is 0 Å². The predicted octanol–water partition coefficient (Wildman–Crippen LogP) is 0.475. The summed E-state index contributed by atoms with van der Waals surface area (Å²) in [6, 6.07) is 5.36. The molecule has 1 fully saturated rings. The number of hydrogen-bond donors (Lipinski definition) is 2. The zero-order valence-corrected chi connectivity index (χ0v) is 11.4. The predicted molar refractivity (Wildman–Crippen MR) is 69.4 cm³/mol. The largest absolute Gasteiger partial charge is 0.481 e. The van der Waals surface area contributed by atoms with Crippen molar-refractivity contribution in [3.05, 3.63) is 35.6 Å². The highest BCUT2D eigenvalue weighted by Gasteiger charge is 2.43. The molecule has 3 unspecified atom stereocenters. The van der Waals surface area contributed by atoms with Crippen molar-refractivity contribution in [2.24, 2.45) is 11.8 Å². The van der Waals surface area contributed by atoms with Gasteiger partial charge in [-0.25, -0.2) is 12.8 Å². The SMILES string of the molecule is O=C(O)C(Cc1ccc(F)cc1)C1CS(=O)(=O)CC1O. The van der Waals surface area contributed by atoms with Gasteiger partial charge in [0, 0.05) is 5.92 Å². The summed E-state index contributed by atoms with van der Waals surface area (Å²) in [5.74, 6) is -4.15. The lowest BCUT2D eigenvalue weighted by molar-refractivity contribution is -0.144. The Balaban J connectivity index is 2.20. The molecular weight excluding hydrogens is 287 g/mol. The number of halogens is 1. The number of rotatable bonds is 4. The normalized spacial score (nSPS) is 26.3. The Labute approximate surface area is 116 Å². The second kappa shape index (κ2) is 5.49. The lowest BCUT2D eigenvalue weighted by atomic mass is 9.85. The average Bonchev–Trinajstić information content (AvgIpc) is 2.61. The zero-order valence-electron chi connectivity index (χ0n) is 10.6. The molecule has 7 heteroatoms. The van der Waals surface area contributed by atoms with Crippen LogP contribution in [0.5, 0.6) is 0 Å². The molecule has 0 aliphatic carbocycles. The van der Waals surface area contributed by atoms with Gasteiger partial charge in [-0.05, 0) is 24.1 Å². The van der Waals surface area contributed by atoms with Crippen molar-refractivity contribution in [1.82, 2.24) is 0 Å².